The summed E-state index contributed by atoms with van der Waals surface area (Å²) in [7, 11) is 0. The zero-order chi connectivity index (χ0) is 14.4. The molecule has 19 heavy (non-hydrogen) atoms. The Balaban J connectivity index is 2.98. The highest BCUT2D eigenvalue weighted by Crippen LogP contribution is 2.28. The van der Waals surface area contributed by atoms with Gasteiger partial charge in [-0.3, -0.25) is 19.2 Å². The summed E-state index contributed by atoms with van der Waals surface area (Å²) < 4.78 is 4.85. The number of carbonyl (C=O) groups excluding carboxylic acids is 4. The summed E-state index contributed by atoms with van der Waals surface area (Å²) in [6, 6.07) is 0. The Kier molecular flexibility index (Phi) is 5.60. The van der Waals surface area contributed by atoms with E-state index in [1.165, 1.54) is 0 Å². The highest BCUT2D eigenvalue weighted by Gasteiger charge is 2.34. The van der Waals surface area contributed by atoms with E-state index in [0.717, 1.165) is 0 Å². The third-order valence-corrected chi connectivity index (χ3v) is 3.02. The van der Waals surface area contributed by atoms with Crippen LogP contribution in [0.15, 0.2) is 11.1 Å². The van der Waals surface area contributed by atoms with Crippen LogP contribution in [0.4, 0.5) is 0 Å². The lowest BCUT2D eigenvalue weighted by molar-refractivity contribution is -0.149. The molecule has 104 valence electrons. The number of ether oxygens (including phenoxy) is 1. The molecule has 0 bridgehead atoms. The van der Waals surface area contributed by atoms with Crippen molar-refractivity contribution in [2.45, 2.75) is 39.5 Å². The monoisotopic (exact) mass is 266 g/mol. The second-order valence-electron chi connectivity index (χ2n) is 4.47. The third kappa shape index (κ3) is 3.59. The molecule has 5 heteroatoms. The molecule has 0 spiro atoms. The number of rotatable bonds is 6. The molecule has 0 aromatic carbocycles. The maximum absolute atomic E-state index is 12.0. The van der Waals surface area contributed by atoms with Crippen LogP contribution in [0.5, 0.6) is 0 Å². The van der Waals surface area contributed by atoms with Crippen molar-refractivity contribution in [2.24, 2.45) is 5.92 Å². The topological polar surface area (TPSA) is 77.5 Å². The van der Waals surface area contributed by atoms with Crippen LogP contribution in [0.1, 0.15) is 39.5 Å². The lowest BCUT2D eigenvalue weighted by Crippen LogP contribution is -2.30. The van der Waals surface area contributed by atoms with Gasteiger partial charge >= 0.3 is 5.97 Å². The van der Waals surface area contributed by atoms with Crippen LogP contribution in [0, 0.1) is 5.92 Å². The summed E-state index contributed by atoms with van der Waals surface area (Å²) >= 11 is 0. The smallest absolute Gasteiger partial charge is 0.309 e. The first-order valence-electron chi connectivity index (χ1n) is 6.46. The van der Waals surface area contributed by atoms with E-state index in [4.69, 9.17) is 4.74 Å². The molecule has 0 saturated carbocycles. The minimum atomic E-state index is -0.647. The van der Waals surface area contributed by atoms with Crippen molar-refractivity contribution in [3.8, 4) is 0 Å². The Bertz CT molecular complexity index is 433. The second kappa shape index (κ2) is 6.97. The molecule has 5 nitrogen and oxygen atoms in total. The average molecular weight is 266 g/mol. The van der Waals surface area contributed by atoms with E-state index >= 15 is 0 Å². The lowest BCUT2D eigenvalue weighted by Gasteiger charge is -2.21. The van der Waals surface area contributed by atoms with Gasteiger partial charge in [0.15, 0.2) is 11.6 Å². The maximum Gasteiger partial charge on any atom is 0.309 e. The molecule has 0 aromatic heterocycles. The Morgan fingerprint density at radius 2 is 2.00 bits per heavy atom. The Morgan fingerprint density at radius 1 is 1.32 bits per heavy atom. The number of carbonyl (C=O) groups is 4. The predicted octanol–water partition coefficient (Wildman–Crippen LogP) is 1.39. The zero-order valence-electron chi connectivity index (χ0n) is 11.2. The van der Waals surface area contributed by atoms with E-state index in [9.17, 15) is 19.2 Å². The summed E-state index contributed by atoms with van der Waals surface area (Å²) in [6.45, 7) is 3.73. The van der Waals surface area contributed by atoms with Gasteiger partial charge in [-0.2, -0.15) is 0 Å². The molecule has 1 unspecified atom stereocenters. The summed E-state index contributed by atoms with van der Waals surface area (Å²) in [5.74, 6) is -1.87. The minimum absolute atomic E-state index is 0.0163. The molecule has 1 atom stereocenters. The fraction of sp³-hybridized carbons (Fsp3) is 0.571. The van der Waals surface area contributed by atoms with Gasteiger partial charge in [-0.15, -0.1) is 0 Å². The molecule has 1 aliphatic carbocycles. The largest absolute Gasteiger partial charge is 0.466 e. The number of hydrogen-bond acceptors (Lipinski definition) is 5. The number of allylic oxidation sites excluding steroid dienone is 2. The van der Waals surface area contributed by atoms with Gasteiger partial charge in [0.2, 0.25) is 0 Å². The van der Waals surface area contributed by atoms with E-state index < -0.39 is 17.7 Å². The normalized spacial score (nSPS) is 19.3. The minimum Gasteiger partial charge on any atom is -0.466 e. The fourth-order valence-electron chi connectivity index (χ4n) is 2.17. The fourth-order valence-corrected chi connectivity index (χ4v) is 2.17. The number of esters is 1. The zero-order valence-corrected chi connectivity index (χ0v) is 11.2. The molecule has 0 radical (unpaired) electrons. The summed E-state index contributed by atoms with van der Waals surface area (Å²) in [5.41, 5.74) is 0.116. The molecule has 0 heterocycles. The molecular formula is C14H18O5. The standard InChI is InChI=1S/C14H18O5/c1-3-5-11(16)13-10(8-15)6-9(7-12(13)17)14(18)19-4-2/h8-9H,3-7H2,1-2H3. The number of Topliss-reactive ketones (excluding diaryl/α,β-unsaturated/α-hetero) is 2. The van der Waals surface area contributed by atoms with Crippen LogP contribution in [0.2, 0.25) is 0 Å². The van der Waals surface area contributed by atoms with Crippen molar-refractivity contribution in [1.29, 1.82) is 0 Å². The van der Waals surface area contributed by atoms with Crippen molar-refractivity contribution in [3.05, 3.63) is 11.1 Å². The van der Waals surface area contributed by atoms with Gasteiger partial charge in [0.1, 0.15) is 6.29 Å². The molecule has 0 amide bonds. The van der Waals surface area contributed by atoms with E-state index in [0.29, 0.717) is 12.7 Å². The lowest BCUT2D eigenvalue weighted by atomic mass is 9.81. The molecule has 0 aliphatic heterocycles. The van der Waals surface area contributed by atoms with Gasteiger partial charge in [-0.25, -0.2) is 0 Å². The van der Waals surface area contributed by atoms with Gasteiger partial charge in [0.25, 0.3) is 0 Å². The molecule has 0 fully saturated rings. The molecule has 1 rings (SSSR count). The first kappa shape index (κ1) is 15.3. The molecule has 0 saturated heterocycles. The first-order chi connectivity index (χ1) is 9.04. The van der Waals surface area contributed by atoms with Crippen LogP contribution < -0.4 is 0 Å². The third-order valence-electron chi connectivity index (χ3n) is 3.02. The van der Waals surface area contributed by atoms with Crippen LogP contribution in [-0.4, -0.2) is 30.4 Å². The van der Waals surface area contributed by atoms with Crippen LogP contribution in [0.3, 0.4) is 0 Å². The highest BCUT2D eigenvalue weighted by atomic mass is 16.5. The quantitative estimate of drug-likeness (QED) is 0.412. The summed E-state index contributed by atoms with van der Waals surface area (Å²) in [6.07, 6.45) is 1.41. The van der Waals surface area contributed by atoms with E-state index in [1.54, 1.807) is 6.92 Å². The van der Waals surface area contributed by atoms with Crippen molar-refractivity contribution >= 4 is 23.8 Å². The average Bonchev–Trinajstić information content (AvgIpc) is 2.38. The second-order valence-corrected chi connectivity index (χ2v) is 4.47. The predicted molar refractivity (Wildman–Crippen MR) is 67.4 cm³/mol. The van der Waals surface area contributed by atoms with Gasteiger partial charge in [0.05, 0.1) is 18.1 Å². The van der Waals surface area contributed by atoms with Crippen LogP contribution in [-0.2, 0) is 23.9 Å². The van der Waals surface area contributed by atoms with Crippen LogP contribution in [0.25, 0.3) is 0 Å². The SMILES string of the molecule is CCCC(=O)C1=C(C=O)CC(C(=O)OCC)CC1=O. The van der Waals surface area contributed by atoms with E-state index in [2.05, 4.69) is 0 Å². The number of aldehydes is 1. The number of ketones is 2. The van der Waals surface area contributed by atoms with Gasteiger partial charge < -0.3 is 4.74 Å². The molecule has 0 N–H and O–H groups in total. The Hall–Kier alpha value is -1.78. The first-order valence-corrected chi connectivity index (χ1v) is 6.46. The van der Waals surface area contributed by atoms with Crippen molar-refractivity contribution in [2.75, 3.05) is 6.61 Å². The van der Waals surface area contributed by atoms with Gasteiger partial charge in [-0.05, 0) is 19.8 Å². The number of hydrogen-bond donors (Lipinski definition) is 0. The molecular weight excluding hydrogens is 248 g/mol. The van der Waals surface area contributed by atoms with Crippen molar-refractivity contribution in [3.63, 3.8) is 0 Å². The van der Waals surface area contributed by atoms with E-state index in [1.807, 2.05) is 6.92 Å². The van der Waals surface area contributed by atoms with Crippen molar-refractivity contribution in [1.82, 2.24) is 0 Å². The van der Waals surface area contributed by atoms with Gasteiger partial charge in [-0.1, -0.05) is 6.92 Å². The van der Waals surface area contributed by atoms with E-state index in [-0.39, 0.29) is 42.8 Å². The molecule has 1 aliphatic rings. The van der Waals surface area contributed by atoms with Crippen molar-refractivity contribution < 1.29 is 23.9 Å². The Morgan fingerprint density at radius 3 is 2.53 bits per heavy atom. The van der Waals surface area contributed by atoms with Gasteiger partial charge in [0, 0.05) is 18.4 Å². The van der Waals surface area contributed by atoms with Crippen LogP contribution >= 0.6 is 0 Å². The summed E-state index contributed by atoms with van der Waals surface area (Å²) in [4.78, 5) is 46.4. The summed E-state index contributed by atoms with van der Waals surface area (Å²) in [5, 5.41) is 0. The molecule has 0 aromatic rings. The Labute approximate surface area is 112 Å². The highest BCUT2D eigenvalue weighted by molar-refractivity contribution is 6.24. The maximum atomic E-state index is 12.0.